The summed E-state index contributed by atoms with van der Waals surface area (Å²) in [6.07, 6.45) is 2.23. The van der Waals surface area contributed by atoms with Crippen LogP contribution in [-0.2, 0) is 17.7 Å². The number of H-pyrrole nitrogens is 1. The minimum atomic E-state index is -4.76. The lowest BCUT2D eigenvalue weighted by atomic mass is 10.1. The number of nitrogens with one attached hydrogen (secondary N) is 3. The molecule has 4 N–H and O–H groups in total. The van der Waals surface area contributed by atoms with E-state index in [1.54, 1.807) is 24.9 Å². The van der Waals surface area contributed by atoms with Gasteiger partial charge in [0, 0.05) is 37.4 Å². The lowest BCUT2D eigenvalue weighted by Crippen LogP contribution is -2.18. The summed E-state index contributed by atoms with van der Waals surface area (Å²) in [5, 5.41) is 31.5. The van der Waals surface area contributed by atoms with Gasteiger partial charge in [-0.25, -0.2) is 0 Å². The van der Waals surface area contributed by atoms with Gasteiger partial charge in [-0.15, -0.1) is 23.4 Å². The largest absolute Gasteiger partial charge is 0.573 e. The van der Waals surface area contributed by atoms with Crippen molar-refractivity contribution in [3.05, 3.63) is 60.3 Å². The van der Waals surface area contributed by atoms with Crippen molar-refractivity contribution in [1.82, 2.24) is 30.3 Å². The number of benzene rings is 2. The molecule has 13 heteroatoms. The second kappa shape index (κ2) is 13.2. The third kappa shape index (κ3) is 8.16. The Balaban J connectivity index is 1.13. The summed E-state index contributed by atoms with van der Waals surface area (Å²) in [7, 11) is 0. The smallest absolute Gasteiger partial charge is 0.406 e. The van der Waals surface area contributed by atoms with Gasteiger partial charge in [0.2, 0.25) is 0 Å². The summed E-state index contributed by atoms with van der Waals surface area (Å²) in [5.74, 6) is -0.277. The summed E-state index contributed by atoms with van der Waals surface area (Å²) >= 11 is 0. The maximum atomic E-state index is 12.6. The molecule has 0 aliphatic carbocycles. The summed E-state index contributed by atoms with van der Waals surface area (Å²) in [6, 6.07) is 8.40. The molecule has 4 rings (SSSR count). The molecular formula is C25H30F3N7O3. The molecule has 0 radical (unpaired) electrons. The van der Waals surface area contributed by atoms with Gasteiger partial charge < -0.3 is 25.2 Å². The quantitative estimate of drug-likeness (QED) is 0.171. The molecule has 2 aromatic heterocycles. The fraction of sp³-hybridized carbons (Fsp3) is 0.400. The number of halogens is 3. The van der Waals surface area contributed by atoms with E-state index < -0.39 is 6.36 Å². The predicted molar refractivity (Wildman–Crippen MR) is 135 cm³/mol. The summed E-state index contributed by atoms with van der Waals surface area (Å²) in [6.45, 7) is 2.69. The zero-order chi connectivity index (χ0) is 26.8. The molecule has 0 amide bonds. The Kier molecular flexibility index (Phi) is 9.51. The standard InChI is InChI=1S/C25H30F3N7O3/c26-25(27,28)38-21-10-18(3-6-36)9-19(11-21)14-29-4-1-2-7-37-8-5-30-23-12-20(35-16-32-33-17-35)13-24-22(23)15-31-34-24/h9-13,15-17,29-30,36H,1-8,14H2,(H,31,34). The number of anilines is 1. The maximum Gasteiger partial charge on any atom is 0.573 e. The predicted octanol–water partition coefficient (Wildman–Crippen LogP) is 3.58. The van der Waals surface area contributed by atoms with Gasteiger partial charge in [0.25, 0.3) is 0 Å². The molecular weight excluding hydrogens is 503 g/mol. The fourth-order valence-electron chi connectivity index (χ4n) is 4.01. The lowest BCUT2D eigenvalue weighted by Gasteiger charge is -2.13. The molecule has 38 heavy (non-hydrogen) atoms. The summed E-state index contributed by atoms with van der Waals surface area (Å²) in [5.41, 5.74) is 3.99. The average molecular weight is 534 g/mol. The zero-order valence-corrected chi connectivity index (χ0v) is 20.7. The van der Waals surface area contributed by atoms with Crippen molar-refractivity contribution in [2.75, 3.05) is 38.2 Å². The monoisotopic (exact) mass is 533 g/mol. The second-order valence-electron chi connectivity index (χ2n) is 8.62. The average Bonchev–Trinajstić information content (AvgIpc) is 3.56. The number of unbranched alkanes of at least 4 members (excludes halogenated alkanes) is 1. The van der Waals surface area contributed by atoms with E-state index in [1.165, 1.54) is 12.1 Å². The van der Waals surface area contributed by atoms with Crippen LogP contribution in [0.15, 0.2) is 49.2 Å². The first-order valence-electron chi connectivity index (χ1n) is 12.3. The molecule has 0 aliphatic heterocycles. The molecule has 2 aromatic carbocycles. The van der Waals surface area contributed by atoms with Crippen LogP contribution in [0.25, 0.3) is 16.6 Å². The van der Waals surface area contributed by atoms with Crippen LogP contribution in [0.5, 0.6) is 5.75 Å². The van der Waals surface area contributed by atoms with Crippen molar-refractivity contribution >= 4 is 16.6 Å². The van der Waals surface area contributed by atoms with Gasteiger partial charge in [0.05, 0.1) is 24.0 Å². The van der Waals surface area contributed by atoms with Crippen molar-refractivity contribution in [3.63, 3.8) is 0 Å². The van der Waals surface area contributed by atoms with Crippen LogP contribution in [0.3, 0.4) is 0 Å². The van der Waals surface area contributed by atoms with Crippen LogP contribution in [0.4, 0.5) is 18.9 Å². The van der Waals surface area contributed by atoms with E-state index in [0.29, 0.717) is 44.0 Å². The summed E-state index contributed by atoms with van der Waals surface area (Å²) < 4.78 is 49.4. The van der Waals surface area contributed by atoms with Gasteiger partial charge in [-0.1, -0.05) is 6.07 Å². The van der Waals surface area contributed by atoms with E-state index in [9.17, 15) is 13.2 Å². The molecule has 0 aliphatic rings. The number of aliphatic hydroxyl groups is 1. The Bertz CT molecular complexity index is 1280. The van der Waals surface area contributed by atoms with Gasteiger partial charge in [0.15, 0.2) is 0 Å². The Morgan fingerprint density at radius 2 is 1.79 bits per heavy atom. The van der Waals surface area contributed by atoms with Crippen LogP contribution < -0.4 is 15.4 Å². The number of nitrogens with zero attached hydrogens (tertiary/aromatic N) is 4. The van der Waals surface area contributed by atoms with Crippen molar-refractivity contribution in [2.24, 2.45) is 0 Å². The number of aromatic amines is 1. The van der Waals surface area contributed by atoms with E-state index in [4.69, 9.17) is 9.84 Å². The summed E-state index contributed by atoms with van der Waals surface area (Å²) in [4.78, 5) is 0. The first-order valence-corrected chi connectivity index (χ1v) is 12.3. The molecule has 2 heterocycles. The van der Waals surface area contributed by atoms with Gasteiger partial charge in [-0.05, 0) is 61.2 Å². The highest BCUT2D eigenvalue weighted by molar-refractivity contribution is 5.93. The molecule has 0 atom stereocenters. The highest BCUT2D eigenvalue weighted by Gasteiger charge is 2.31. The van der Waals surface area contributed by atoms with Crippen LogP contribution in [0, 0.1) is 0 Å². The van der Waals surface area contributed by atoms with Crippen molar-refractivity contribution in [3.8, 4) is 11.4 Å². The van der Waals surface area contributed by atoms with Gasteiger partial charge in [-0.3, -0.25) is 9.67 Å². The molecule has 0 bridgehead atoms. The van der Waals surface area contributed by atoms with Gasteiger partial charge in [0.1, 0.15) is 18.4 Å². The number of hydrogen-bond acceptors (Lipinski definition) is 8. The van der Waals surface area contributed by atoms with Crippen molar-refractivity contribution in [2.45, 2.75) is 32.2 Å². The third-order valence-electron chi connectivity index (χ3n) is 5.70. The molecule has 0 fully saturated rings. The fourth-order valence-corrected chi connectivity index (χ4v) is 4.01. The Labute approximate surface area is 217 Å². The highest BCUT2D eigenvalue weighted by Crippen LogP contribution is 2.26. The van der Waals surface area contributed by atoms with E-state index in [0.717, 1.165) is 35.1 Å². The number of ether oxygens (including phenoxy) is 2. The minimum Gasteiger partial charge on any atom is -0.406 e. The molecule has 0 saturated heterocycles. The van der Waals surface area contributed by atoms with E-state index in [-0.39, 0.29) is 18.8 Å². The van der Waals surface area contributed by atoms with Crippen LogP contribution in [-0.4, -0.2) is 69.3 Å². The third-order valence-corrected chi connectivity index (χ3v) is 5.70. The van der Waals surface area contributed by atoms with Gasteiger partial charge >= 0.3 is 6.36 Å². The number of alkyl halides is 3. The normalized spacial score (nSPS) is 11.8. The van der Waals surface area contributed by atoms with Crippen LogP contribution in [0.1, 0.15) is 24.0 Å². The Hall–Kier alpha value is -3.68. The Morgan fingerprint density at radius 1 is 0.974 bits per heavy atom. The lowest BCUT2D eigenvalue weighted by molar-refractivity contribution is -0.274. The van der Waals surface area contributed by atoms with Crippen molar-refractivity contribution < 1.29 is 27.8 Å². The zero-order valence-electron chi connectivity index (χ0n) is 20.7. The number of aliphatic hydroxyl groups excluding tert-OH is 1. The van der Waals surface area contributed by atoms with Crippen LogP contribution in [0.2, 0.25) is 0 Å². The van der Waals surface area contributed by atoms with E-state index in [2.05, 4.69) is 35.8 Å². The van der Waals surface area contributed by atoms with E-state index in [1.807, 2.05) is 16.7 Å². The Morgan fingerprint density at radius 3 is 2.58 bits per heavy atom. The number of fused-ring (bicyclic) bond motifs is 1. The number of rotatable bonds is 15. The highest BCUT2D eigenvalue weighted by atomic mass is 19.4. The van der Waals surface area contributed by atoms with Crippen LogP contribution >= 0.6 is 0 Å². The first kappa shape index (κ1) is 27.4. The van der Waals surface area contributed by atoms with E-state index >= 15 is 0 Å². The SMILES string of the molecule is OCCc1cc(CNCCCCOCCNc2cc(-n3cnnc3)cc3[nH]ncc23)cc(OC(F)(F)F)c1. The molecule has 0 spiro atoms. The number of hydrogen-bond donors (Lipinski definition) is 4. The molecule has 0 saturated carbocycles. The molecule has 10 nitrogen and oxygen atoms in total. The number of aromatic nitrogens is 5. The van der Waals surface area contributed by atoms with Gasteiger partial charge in [-0.2, -0.15) is 5.10 Å². The molecule has 204 valence electrons. The topological polar surface area (TPSA) is 122 Å². The molecule has 4 aromatic rings. The molecule has 0 unspecified atom stereocenters. The minimum absolute atomic E-state index is 0.152. The second-order valence-corrected chi connectivity index (χ2v) is 8.62. The first-order chi connectivity index (χ1) is 18.4. The maximum absolute atomic E-state index is 12.6. The van der Waals surface area contributed by atoms with Crippen molar-refractivity contribution in [1.29, 1.82) is 0 Å².